The van der Waals surface area contributed by atoms with E-state index in [4.69, 9.17) is 23.7 Å². The second-order valence-corrected chi connectivity index (χ2v) is 9.58. The van der Waals surface area contributed by atoms with Crippen LogP contribution in [0.25, 0.3) is 0 Å². The number of fused-ring (bicyclic) bond motifs is 3. The molecular weight excluding hydrogens is 474 g/mol. The number of hydrogen-bond acceptors (Lipinski definition) is 7. The van der Waals surface area contributed by atoms with E-state index >= 15 is 0 Å². The van der Waals surface area contributed by atoms with Crippen LogP contribution in [0.3, 0.4) is 0 Å². The van der Waals surface area contributed by atoms with Gasteiger partial charge >= 0.3 is 12.1 Å². The number of hydrogen-bond donors (Lipinski definition) is 1. The van der Waals surface area contributed by atoms with Crippen LogP contribution < -0.4 is 10.1 Å². The van der Waals surface area contributed by atoms with E-state index in [1.807, 2.05) is 67.6 Å². The van der Waals surface area contributed by atoms with E-state index in [-0.39, 0.29) is 12.0 Å². The maximum Gasteiger partial charge on any atom is 0.408 e. The number of rotatable bonds is 9. The molecule has 0 spiro atoms. The fraction of sp³-hybridized carbons (Fsp3) is 0.310. The summed E-state index contributed by atoms with van der Waals surface area (Å²) in [5.74, 6) is -1.56. The van der Waals surface area contributed by atoms with Crippen molar-refractivity contribution in [3.8, 4) is 5.75 Å². The van der Waals surface area contributed by atoms with Gasteiger partial charge in [0, 0.05) is 11.0 Å². The fourth-order valence-electron chi connectivity index (χ4n) is 4.14. The topological polar surface area (TPSA) is 92.3 Å². The Kier molecular flexibility index (Phi) is 7.23. The van der Waals surface area contributed by atoms with Crippen LogP contribution in [0.5, 0.6) is 5.75 Å². The van der Waals surface area contributed by atoms with Gasteiger partial charge in [0.15, 0.2) is 11.8 Å². The van der Waals surface area contributed by atoms with Gasteiger partial charge < -0.3 is 29.0 Å². The molecular formula is C29H29NO7. The van der Waals surface area contributed by atoms with Crippen molar-refractivity contribution in [3.63, 3.8) is 0 Å². The van der Waals surface area contributed by atoms with Crippen LogP contribution in [0.2, 0.25) is 0 Å². The predicted octanol–water partition coefficient (Wildman–Crippen LogP) is 4.48. The van der Waals surface area contributed by atoms with Gasteiger partial charge in [0.1, 0.15) is 19.0 Å². The number of amides is 1. The third-order valence-electron chi connectivity index (χ3n) is 6.34. The number of carbonyl (C=O) groups is 2. The van der Waals surface area contributed by atoms with Crippen molar-refractivity contribution in [1.29, 1.82) is 0 Å². The molecule has 1 N–H and O–H groups in total. The summed E-state index contributed by atoms with van der Waals surface area (Å²) in [5, 5.41) is 2.63. The molecule has 2 bridgehead atoms. The molecule has 3 aliphatic rings. The number of benzene rings is 3. The van der Waals surface area contributed by atoms with E-state index in [1.54, 1.807) is 24.3 Å². The summed E-state index contributed by atoms with van der Waals surface area (Å²) in [4.78, 5) is 26.4. The first-order chi connectivity index (χ1) is 17.9. The maximum atomic E-state index is 13.7. The average molecular weight is 504 g/mol. The van der Waals surface area contributed by atoms with Crippen molar-refractivity contribution >= 4 is 11.9 Å². The molecule has 8 heteroatoms. The van der Waals surface area contributed by atoms with Crippen LogP contribution in [0.4, 0.5) is 4.79 Å². The smallest absolute Gasteiger partial charge is 0.408 e. The molecule has 3 aliphatic heterocycles. The van der Waals surface area contributed by atoms with E-state index < -0.39 is 23.9 Å². The number of alkyl carbamates (subject to hydrolysis) is 1. The SMILES string of the molecule is CC12COC([C@@H](NC(=O)OCc3ccccc3)C(=O)c3ccc(OCc4ccccc4)cc3)(OC1)OC2. The number of Topliss-reactive ketones (excluding diaryl/α,β-unsaturated/α-hetero) is 1. The van der Waals surface area contributed by atoms with E-state index in [1.165, 1.54) is 0 Å². The highest BCUT2D eigenvalue weighted by molar-refractivity contribution is 6.02. The fourth-order valence-corrected chi connectivity index (χ4v) is 4.14. The molecule has 0 unspecified atom stereocenters. The van der Waals surface area contributed by atoms with Gasteiger partial charge in [0.05, 0.1) is 19.8 Å². The molecule has 3 aromatic carbocycles. The summed E-state index contributed by atoms with van der Waals surface area (Å²) in [6.07, 6.45) is -0.783. The molecule has 0 radical (unpaired) electrons. The molecule has 37 heavy (non-hydrogen) atoms. The highest BCUT2D eigenvalue weighted by atomic mass is 16.9. The van der Waals surface area contributed by atoms with Crippen LogP contribution in [-0.2, 0) is 32.2 Å². The zero-order valence-corrected chi connectivity index (χ0v) is 20.6. The van der Waals surface area contributed by atoms with E-state index in [2.05, 4.69) is 5.32 Å². The largest absolute Gasteiger partial charge is 0.489 e. The zero-order chi connectivity index (χ0) is 25.7. The lowest BCUT2D eigenvalue weighted by Crippen LogP contribution is -2.69. The lowest BCUT2D eigenvalue weighted by molar-refractivity contribution is -0.468. The highest BCUT2D eigenvalue weighted by Crippen LogP contribution is 2.40. The van der Waals surface area contributed by atoms with Gasteiger partial charge in [-0.25, -0.2) is 4.79 Å². The summed E-state index contributed by atoms with van der Waals surface area (Å²) < 4.78 is 28.8. The Morgan fingerprint density at radius 3 is 1.92 bits per heavy atom. The zero-order valence-electron chi connectivity index (χ0n) is 20.6. The monoisotopic (exact) mass is 503 g/mol. The Bertz CT molecular complexity index is 1190. The second kappa shape index (κ2) is 10.7. The molecule has 3 aromatic rings. The average Bonchev–Trinajstić information content (AvgIpc) is 2.95. The van der Waals surface area contributed by atoms with E-state index in [0.29, 0.717) is 37.7 Å². The van der Waals surface area contributed by atoms with Gasteiger partial charge in [-0.15, -0.1) is 0 Å². The summed E-state index contributed by atoms with van der Waals surface area (Å²) in [6.45, 7) is 3.44. The minimum absolute atomic E-state index is 0.0503. The summed E-state index contributed by atoms with van der Waals surface area (Å²) in [6, 6.07) is 24.5. The second-order valence-electron chi connectivity index (χ2n) is 9.58. The van der Waals surface area contributed by atoms with Gasteiger partial charge in [-0.2, -0.15) is 0 Å². The van der Waals surface area contributed by atoms with Gasteiger partial charge in [0.25, 0.3) is 0 Å². The van der Waals surface area contributed by atoms with Crippen molar-refractivity contribution in [1.82, 2.24) is 5.32 Å². The molecule has 3 fully saturated rings. The maximum absolute atomic E-state index is 13.7. The Balaban J connectivity index is 1.30. The van der Waals surface area contributed by atoms with Crippen molar-refractivity contribution in [3.05, 3.63) is 102 Å². The minimum Gasteiger partial charge on any atom is -0.489 e. The first kappa shape index (κ1) is 25.0. The van der Waals surface area contributed by atoms with Crippen LogP contribution >= 0.6 is 0 Å². The molecule has 0 aliphatic carbocycles. The Labute approximate surface area is 215 Å². The number of nitrogens with one attached hydrogen (secondary N) is 1. The molecule has 3 heterocycles. The summed E-state index contributed by atoms with van der Waals surface area (Å²) >= 11 is 0. The molecule has 1 amide bonds. The minimum atomic E-state index is -1.73. The molecule has 6 rings (SSSR count). The number of ketones is 1. The molecule has 3 saturated heterocycles. The Morgan fingerprint density at radius 1 is 0.811 bits per heavy atom. The van der Waals surface area contributed by atoms with Crippen molar-refractivity contribution in [2.24, 2.45) is 5.41 Å². The standard InChI is InChI=1S/C29H29NO7/c1-28-18-35-29(36-19-28,37-20-28)26(30-27(32)34-17-22-10-6-3-7-11-22)25(31)23-12-14-24(15-13-23)33-16-21-8-4-2-5-9-21/h2-15,26H,16-20H2,1H3,(H,30,32)/t26-,28?,29?/m0/s1. The van der Waals surface area contributed by atoms with E-state index in [0.717, 1.165) is 11.1 Å². The number of ether oxygens (including phenoxy) is 5. The first-order valence-corrected chi connectivity index (χ1v) is 12.1. The van der Waals surface area contributed by atoms with Gasteiger partial charge in [-0.05, 0) is 35.4 Å². The van der Waals surface area contributed by atoms with Crippen molar-refractivity contribution in [2.45, 2.75) is 32.2 Å². The van der Waals surface area contributed by atoms with E-state index in [9.17, 15) is 9.59 Å². The third-order valence-corrected chi connectivity index (χ3v) is 6.34. The quantitative estimate of drug-likeness (QED) is 0.431. The van der Waals surface area contributed by atoms with Gasteiger partial charge in [-0.1, -0.05) is 67.6 Å². The van der Waals surface area contributed by atoms with Gasteiger partial charge in [-0.3, -0.25) is 4.79 Å². The lowest BCUT2D eigenvalue weighted by Gasteiger charge is -2.52. The predicted molar refractivity (Wildman–Crippen MR) is 134 cm³/mol. The first-order valence-electron chi connectivity index (χ1n) is 12.1. The molecule has 192 valence electrons. The molecule has 0 aromatic heterocycles. The van der Waals surface area contributed by atoms with Crippen LogP contribution in [0.15, 0.2) is 84.9 Å². The van der Waals surface area contributed by atoms with Crippen LogP contribution in [0.1, 0.15) is 28.4 Å². The molecule has 8 nitrogen and oxygen atoms in total. The van der Waals surface area contributed by atoms with Crippen LogP contribution in [-0.4, -0.2) is 43.7 Å². The summed E-state index contributed by atoms with van der Waals surface area (Å²) in [7, 11) is 0. The highest BCUT2D eigenvalue weighted by Gasteiger charge is 2.58. The normalized spacial score (nSPS) is 23.2. The molecule has 0 saturated carbocycles. The van der Waals surface area contributed by atoms with Crippen molar-refractivity contribution < 1.29 is 33.3 Å². The summed E-state index contributed by atoms with van der Waals surface area (Å²) in [5.41, 5.74) is 1.89. The third kappa shape index (κ3) is 5.83. The van der Waals surface area contributed by atoms with Gasteiger partial charge in [0.2, 0.25) is 0 Å². The Hall–Kier alpha value is -3.72. The van der Waals surface area contributed by atoms with Crippen LogP contribution in [0, 0.1) is 5.41 Å². The molecule has 1 atom stereocenters. The van der Waals surface area contributed by atoms with Crippen molar-refractivity contribution in [2.75, 3.05) is 19.8 Å². The Morgan fingerprint density at radius 2 is 1.35 bits per heavy atom. The number of carbonyl (C=O) groups excluding carboxylic acids is 2. The lowest BCUT2D eigenvalue weighted by atomic mass is 9.90.